The Morgan fingerprint density at radius 3 is 2.32 bits per heavy atom. The number of aromatic nitrogens is 3. The summed E-state index contributed by atoms with van der Waals surface area (Å²) in [5.41, 5.74) is 0.833. The number of nitro groups is 1. The highest BCUT2D eigenvalue weighted by molar-refractivity contribution is 6.10. The predicted molar refractivity (Wildman–Crippen MR) is 102 cm³/mol. The van der Waals surface area contributed by atoms with Gasteiger partial charge in [-0.2, -0.15) is 0 Å². The monoisotopic (exact) mass is 380 g/mol. The second-order valence-electron chi connectivity index (χ2n) is 6.79. The van der Waals surface area contributed by atoms with E-state index < -0.39 is 16.2 Å². The molecule has 0 aliphatic heterocycles. The number of benzene rings is 1. The zero-order valence-corrected chi connectivity index (χ0v) is 15.3. The van der Waals surface area contributed by atoms with Gasteiger partial charge in [0.2, 0.25) is 0 Å². The molecule has 0 saturated carbocycles. The van der Waals surface area contributed by atoms with E-state index in [9.17, 15) is 24.5 Å². The molecule has 9 heteroatoms. The van der Waals surface area contributed by atoms with Crippen LogP contribution in [0.5, 0.6) is 0 Å². The largest absolute Gasteiger partial charge is 0.332 e. The summed E-state index contributed by atoms with van der Waals surface area (Å²) in [5.74, 6) is -0.125. The average Bonchev–Trinajstić information content (AvgIpc) is 2.69. The number of carbonyl (C=O) groups excluding carboxylic acids is 1. The highest BCUT2D eigenvalue weighted by atomic mass is 16.6. The lowest BCUT2D eigenvalue weighted by Crippen LogP contribution is -2.38. The molecule has 3 aromatic rings. The Bertz CT molecular complexity index is 1290. The van der Waals surface area contributed by atoms with E-state index in [0.29, 0.717) is 41.6 Å². The first-order valence-corrected chi connectivity index (χ1v) is 8.72. The molecular weight excluding hydrogens is 364 g/mol. The molecule has 0 atom stereocenters. The van der Waals surface area contributed by atoms with Crippen LogP contribution >= 0.6 is 0 Å². The van der Waals surface area contributed by atoms with Gasteiger partial charge in [0.1, 0.15) is 5.65 Å². The summed E-state index contributed by atoms with van der Waals surface area (Å²) in [7, 11) is 2.89. The number of nitrogens with zero attached hydrogens (tertiary/aromatic N) is 4. The third-order valence-corrected chi connectivity index (χ3v) is 5.13. The topological polar surface area (TPSA) is 117 Å². The van der Waals surface area contributed by atoms with Gasteiger partial charge < -0.3 is 0 Å². The van der Waals surface area contributed by atoms with E-state index in [0.717, 1.165) is 4.57 Å². The number of nitro benzene ring substituents is 1. The molecule has 0 amide bonds. The fourth-order valence-corrected chi connectivity index (χ4v) is 3.70. The van der Waals surface area contributed by atoms with E-state index in [1.165, 1.54) is 42.9 Å². The molecule has 1 aliphatic carbocycles. The Morgan fingerprint density at radius 1 is 1.00 bits per heavy atom. The van der Waals surface area contributed by atoms with Gasteiger partial charge >= 0.3 is 5.69 Å². The average molecular weight is 380 g/mol. The van der Waals surface area contributed by atoms with Crippen LogP contribution < -0.4 is 11.2 Å². The number of Topliss-reactive ketones (excluding diaryl/α,β-unsaturated/α-hetero) is 1. The lowest BCUT2D eigenvalue weighted by atomic mass is 9.86. The zero-order valence-electron chi connectivity index (χ0n) is 15.3. The highest BCUT2D eigenvalue weighted by Gasteiger charge is 2.28. The summed E-state index contributed by atoms with van der Waals surface area (Å²) < 4.78 is 2.25. The van der Waals surface area contributed by atoms with Crippen molar-refractivity contribution < 1.29 is 9.72 Å². The summed E-state index contributed by atoms with van der Waals surface area (Å²) in [6.45, 7) is 0. The van der Waals surface area contributed by atoms with Crippen LogP contribution in [0.25, 0.3) is 22.2 Å². The summed E-state index contributed by atoms with van der Waals surface area (Å²) in [5, 5.41) is 11.1. The minimum Gasteiger partial charge on any atom is -0.294 e. The van der Waals surface area contributed by atoms with E-state index in [1.54, 1.807) is 0 Å². The summed E-state index contributed by atoms with van der Waals surface area (Å²) >= 11 is 0. The van der Waals surface area contributed by atoms with Crippen molar-refractivity contribution in [3.05, 3.63) is 66.5 Å². The van der Waals surface area contributed by atoms with Crippen LogP contribution in [0.2, 0.25) is 0 Å². The minimum atomic E-state index is -0.555. The molecule has 0 radical (unpaired) electrons. The Labute approximate surface area is 158 Å². The lowest BCUT2D eigenvalue weighted by Gasteiger charge is -2.21. The summed E-state index contributed by atoms with van der Waals surface area (Å²) in [4.78, 5) is 53.0. The molecule has 4 rings (SSSR count). The predicted octanol–water partition coefficient (Wildman–Crippen LogP) is 1.73. The summed E-state index contributed by atoms with van der Waals surface area (Å²) in [6.07, 6.45) is 1.54. The molecule has 28 heavy (non-hydrogen) atoms. The first-order chi connectivity index (χ1) is 13.3. The van der Waals surface area contributed by atoms with Crippen molar-refractivity contribution in [1.29, 1.82) is 0 Å². The van der Waals surface area contributed by atoms with Gasteiger partial charge in [-0.15, -0.1) is 0 Å². The van der Waals surface area contributed by atoms with Crippen LogP contribution in [0, 0.1) is 10.1 Å². The maximum absolute atomic E-state index is 13.0. The molecule has 0 spiro atoms. The van der Waals surface area contributed by atoms with Crippen molar-refractivity contribution in [2.45, 2.75) is 19.3 Å². The standard InChI is InChI=1S/C19H16N4O5/c1-21-17-16(18(25)22(2)19(21)26)14(10-6-8-11(9-7-10)23(27)28)15-12(20-17)4-3-5-13(15)24/h6-9H,3-5H2,1-2H3. The van der Waals surface area contributed by atoms with Crippen molar-refractivity contribution in [3.63, 3.8) is 0 Å². The molecule has 0 bridgehead atoms. The van der Waals surface area contributed by atoms with Crippen molar-refractivity contribution in [1.82, 2.24) is 14.1 Å². The maximum Gasteiger partial charge on any atom is 0.332 e. The van der Waals surface area contributed by atoms with E-state index in [1.807, 2.05) is 0 Å². The van der Waals surface area contributed by atoms with Gasteiger partial charge in [-0.05, 0) is 30.5 Å². The minimum absolute atomic E-state index is 0.0948. The first-order valence-electron chi connectivity index (χ1n) is 8.72. The third-order valence-electron chi connectivity index (χ3n) is 5.13. The van der Waals surface area contributed by atoms with Crippen LogP contribution in [-0.2, 0) is 20.5 Å². The summed E-state index contributed by atoms with van der Waals surface area (Å²) in [6, 6.07) is 5.68. The van der Waals surface area contributed by atoms with Gasteiger partial charge in [-0.25, -0.2) is 9.78 Å². The molecule has 2 aromatic heterocycles. The Hall–Kier alpha value is -3.62. The molecule has 0 saturated heterocycles. The molecule has 0 fully saturated rings. The molecular formula is C19H16N4O5. The maximum atomic E-state index is 13.0. The van der Waals surface area contributed by atoms with Crippen molar-refractivity contribution in [3.8, 4) is 11.1 Å². The van der Waals surface area contributed by atoms with Gasteiger partial charge in [0.15, 0.2) is 5.78 Å². The Morgan fingerprint density at radius 2 is 1.68 bits per heavy atom. The Balaban J connectivity index is 2.20. The van der Waals surface area contributed by atoms with Crippen LogP contribution in [0.1, 0.15) is 28.9 Å². The molecule has 0 unspecified atom stereocenters. The number of pyridine rings is 1. The number of fused-ring (bicyclic) bond motifs is 2. The van der Waals surface area contributed by atoms with Crippen LogP contribution in [0.15, 0.2) is 33.9 Å². The van der Waals surface area contributed by atoms with Crippen molar-refractivity contribution >= 4 is 22.5 Å². The zero-order chi connectivity index (χ0) is 20.2. The Kier molecular flexibility index (Phi) is 3.95. The second kappa shape index (κ2) is 6.22. The first kappa shape index (κ1) is 17.8. The van der Waals surface area contributed by atoms with Crippen LogP contribution in [0.3, 0.4) is 0 Å². The fourth-order valence-electron chi connectivity index (χ4n) is 3.70. The molecule has 0 N–H and O–H groups in total. The van der Waals surface area contributed by atoms with Gasteiger partial charge in [-0.3, -0.25) is 28.8 Å². The number of hydrogen-bond acceptors (Lipinski definition) is 6. The number of non-ortho nitro benzene ring substituents is 1. The molecule has 2 heterocycles. The van der Waals surface area contributed by atoms with E-state index in [2.05, 4.69) is 4.98 Å². The van der Waals surface area contributed by atoms with Gasteiger partial charge in [0.25, 0.3) is 11.2 Å². The normalized spacial score (nSPS) is 13.6. The molecule has 142 valence electrons. The van der Waals surface area contributed by atoms with Crippen molar-refractivity contribution in [2.75, 3.05) is 0 Å². The smallest absolute Gasteiger partial charge is 0.294 e. The van der Waals surface area contributed by atoms with E-state index in [-0.39, 0.29) is 22.5 Å². The fraction of sp³-hybridized carbons (Fsp3) is 0.263. The lowest BCUT2D eigenvalue weighted by molar-refractivity contribution is -0.384. The number of carbonyl (C=O) groups is 1. The van der Waals surface area contributed by atoms with Crippen LogP contribution in [-0.4, -0.2) is 24.8 Å². The second-order valence-corrected chi connectivity index (χ2v) is 6.79. The van der Waals surface area contributed by atoms with Gasteiger partial charge in [0.05, 0.1) is 16.0 Å². The number of ketones is 1. The van der Waals surface area contributed by atoms with Gasteiger partial charge in [-0.1, -0.05) is 0 Å². The molecule has 1 aliphatic rings. The third kappa shape index (κ3) is 2.47. The van der Waals surface area contributed by atoms with Crippen LogP contribution in [0.4, 0.5) is 5.69 Å². The molecule has 1 aromatic carbocycles. The van der Waals surface area contributed by atoms with E-state index in [4.69, 9.17) is 0 Å². The highest BCUT2D eigenvalue weighted by Crippen LogP contribution is 2.35. The molecule has 9 nitrogen and oxygen atoms in total. The van der Waals surface area contributed by atoms with E-state index >= 15 is 0 Å². The van der Waals surface area contributed by atoms with Crippen molar-refractivity contribution in [2.24, 2.45) is 14.1 Å². The number of hydrogen-bond donors (Lipinski definition) is 0. The quantitative estimate of drug-likeness (QED) is 0.494. The SMILES string of the molecule is Cn1c(=O)c2c(-c3ccc([N+](=O)[O-])cc3)c3c(nc2n(C)c1=O)CCCC3=O. The number of aryl methyl sites for hydroxylation is 2. The number of rotatable bonds is 2. The van der Waals surface area contributed by atoms with Gasteiger partial charge in [0, 0.05) is 43.8 Å².